The highest BCUT2D eigenvalue weighted by Gasteiger charge is 2.44. The Morgan fingerprint density at radius 2 is 1.44 bits per heavy atom. The van der Waals surface area contributed by atoms with E-state index in [1.165, 1.54) is 6.07 Å². The number of halogens is 6. The second-order valence-electron chi connectivity index (χ2n) is 13.0. The van der Waals surface area contributed by atoms with E-state index in [1.807, 2.05) is 36.4 Å². The molecule has 0 aliphatic carbocycles. The van der Waals surface area contributed by atoms with Gasteiger partial charge in [-0.05, 0) is 85.1 Å². The zero-order valence-electron chi connectivity index (χ0n) is 28.7. The molecule has 1 saturated heterocycles. The molecule has 1 amide bonds. The first-order valence-electron chi connectivity index (χ1n) is 16.9. The summed E-state index contributed by atoms with van der Waals surface area (Å²) in [6.07, 6.45) is -5.06. The van der Waals surface area contributed by atoms with Crippen LogP contribution in [-0.2, 0) is 12.7 Å². The van der Waals surface area contributed by atoms with E-state index in [9.17, 15) is 23.1 Å². The maximum absolute atomic E-state index is 14.8. The van der Waals surface area contributed by atoms with Gasteiger partial charge < -0.3 is 9.84 Å². The number of benzene rings is 4. The molecule has 1 N–H and O–H groups in total. The van der Waals surface area contributed by atoms with Crippen molar-refractivity contribution in [3.05, 3.63) is 134 Å². The first-order valence-corrected chi connectivity index (χ1v) is 17.6. The first kappa shape index (κ1) is 39.6. The summed E-state index contributed by atoms with van der Waals surface area (Å²) in [5, 5.41) is 10.3. The fraction of sp³-hybridized carbons (Fsp3) is 0.333. The van der Waals surface area contributed by atoms with Crippen LogP contribution < -0.4 is 4.74 Å². The molecule has 0 spiro atoms. The topological polar surface area (TPSA) is 68.6 Å². The summed E-state index contributed by atoms with van der Waals surface area (Å²) in [7, 11) is 0. The summed E-state index contributed by atoms with van der Waals surface area (Å²) in [6, 6.07) is 23.7. The first-order chi connectivity index (χ1) is 24.4. The zero-order valence-corrected chi connectivity index (χ0v) is 31.0. The predicted molar refractivity (Wildman–Crippen MR) is 201 cm³/mol. The minimum atomic E-state index is -4.60. The van der Waals surface area contributed by atoms with E-state index in [4.69, 9.17) is 32.9 Å². The van der Waals surface area contributed by atoms with E-state index >= 15 is 0 Å². The summed E-state index contributed by atoms with van der Waals surface area (Å²) in [5.41, 5.74) is 2.33. The molecule has 0 aromatic heterocycles. The van der Waals surface area contributed by atoms with Gasteiger partial charge in [-0.3, -0.25) is 24.5 Å². The lowest BCUT2D eigenvalue weighted by atomic mass is 9.93. The van der Waals surface area contributed by atoms with Gasteiger partial charge in [0.15, 0.2) is 0 Å². The van der Waals surface area contributed by atoms with Gasteiger partial charge in [0.1, 0.15) is 17.6 Å². The van der Waals surface area contributed by atoms with Gasteiger partial charge >= 0.3 is 6.18 Å². The molecule has 52 heavy (non-hydrogen) atoms. The number of alkyl halides is 3. The lowest BCUT2D eigenvalue weighted by Crippen LogP contribution is -2.46. The Kier molecular flexibility index (Phi) is 12.9. The van der Waals surface area contributed by atoms with Crippen molar-refractivity contribution in [2.75, 3.05) is 39.3 Å². The van der Waals surface area contributed by atoms with Crippen molar-refractivity contribution in [2.45, 2.75) is 44.8 Å². The van der Waals surface area contributed by atoms with E-state index in [2.05, 4.69) is 9.80 Å². The molecule has 4 aromatic rings. The molecule has 7 nitrogen and oxygen atoms in total. The highest BCUT2D eigenvalue weighted by molar-refractivity contribution is 6.30. The molecule has 276 valence electrons. The van der Waals surface area contributed by atoms with Gasteiger partial charge in [-0.15, -0.1) is 12.4 Å². The van der Waals surface area contributed by atoms with Crippen LogP contribution in [0, 0.1) is 0 Å². The van der Waals surface area contributed by atoms with Crippen LogP contribution >= 0.6 is 35.6 Å². The minimum absolute atomic E-state index is 0. The average molecular weight is 776 g/mol. The Morgan fingerprint density at radius 3 is 2.00 bits per heavy atom. The third-order valence-electron chi connectivity index (χ3n) is 9.11. The van der Waals surface area contributed by atoms with Gasteiger partial charge in [-0.2, -0.15) is 13.2 Å². The molecule has 2 aliphatic rings. The number of aliphatic hydroxyl groups excluding tert-OH is 1. The van der Waals surface area contributed by atoms with Crippen LogP contribution in [0.15, 0.2) is 96.0 Å². The van der Waals surface area contributed by atoms with Crippen LogP contribution in [0.25, 0.3) is 0 Å². The van der Waals surface area contributed by atoms with Gasteiger partial charge in [-0.25, -0.2) is 0 Å². The number of β-amino-alcohol motifs (C(OH)–C–C–N with tert-alkyl or cyclic N) is 1. The van der Waals surface area contributed by atoms with E-state index in [1.54, 1.807) is 55.1 Å². The molecule has 2 atom stereocenters. The Bertz CT molecular complexity index is 1850. The Morgan fingerprint density at radius 1 is 0.865 bits per heavy atom. The number of aliphatic hydroxyl groups is 1. The second-order valence-corrected chi connectivity index (χ2v) is 13.9. The third kappa shape index (κ3) is 9.10. The van der Waals surface area contributed by atoms with Crippen molar-refractivity contribution in [1.29, 1.82) is 0 Å². The number of carbonyl (C=O) groups is 1. The second kappa shape index (κ2) is 17.0. The molecule has 6 rings (SSSR count). The molecule has 1 fully saturated rings. The van der Waals surface area contributed by atoms with Crippen molar-refractivity contribution in [1.82, 2.24) is 14.7 Å². The molecule has 4 aromatic carbocycles. The van der Waals surface area contributed by atoms with Crippen molar-refractivity contribution in [2.24, 2.45) is 4.99 Å². The van der Waals surface area contributed by atoms with Crippen molar-refractivity contribution in [3.63, 3.8) is 0 Å². The summed E-state index contributed by atoms with van der Waals surface area (Å²) in [6.45, 7) is 8.48. The predicted octanol–water partition coefficient (Wildman–Crippen LogP) is 8.72. The maximum Gasteiger partial charge on any atom is 0.416 e. The fourth-order valence-corrected chi connectivity index (χ4v) is 6.82. The molecule has 13 heteroatoms. The van der Waals surface area contributed by atoms with Crippen molar-refractivity contribution < 1.29 is 27.8 Å². The number of nitrogens with zero attached hydrogens (tertiary/aromatic N) is 4. The molecule has 2 heterocycles. The lowest BCUT2D eigenvalue weighted by Gasteiger charge is -2.34. The highest BCUT2D eigenvalue weighted by Crippen LogP contribution is 2.46. The van der Waals surface area contributed by atoms with Crippen LogP contribution in [0.5, 0.6) is 5.75 Å². The fourth-order valence-electron chi connectivity index (χ4n) is 6.56. The Hall–Kier alpha value is -3.64. The highest BCUT2D eigenvalue weighted by atomic mass is 35.5. The summed E-state index contributed by atoms with van der Waals surface area (Å²) >= 11 is 12.5. The summed E-state index contributed by atoms with van der Waals surface area (Å²) in [5.74, 6) is -0.212. The van der Waals surface area contributed by atoms with Crippen molar-refractivity contribution >= 4 is 47.4 Å². The summed E-state index contributed by atoms with van der Waals surface area (Å²) in [4.78, 5) is 26.0. The van der Waals surface area contributed by atoms with Gasteiger partial charge in [0.25, 0.3) is 5.91 Å². The van der Waals surface area contributed by atoms with Gasteiger partial charge in [-0.1, -0.05) is 59.6 Å². The summed E-state index contributed by atoms with van der Waals surface area (Å²) < 4.78 is 47.7. The zero-order chi connectivity index (χ0) is 36.3. The monoisotopic (exact) mass is 774 g/mol. The van der Waals surface area contributed by atoms with E-state index in [0.29, 0.717) is 28.7 Å². The Labute approximate surface area is 318 Å². The molecule has 0 saturated carbocycles. The van der Waals surface area contributed by atoms with Gasteiger partial charge in [0.05, 0.1) is 29.9 Å². The van der Waals surface area contributed by atoms with E-state index in [0.717, 1.165) is 55.0 Å². The standard InChI is InChI=1S/C39H39Cl2F3N4O3.ClH/c1-25(2)51-34-23-30(39(42,43)44)11-16-33(34)37-45-35(27-7-12-31(40)13-8-27)36(28-9-14-32(41)15-10-28)48(37)38(50)29-5-3-26(4-6-29)24-47-19-17-46(18-20-47)21-22-49;/h3-16,23,25,35-36,49H,17-22,24H2,1-2H3;1H. The number of aliphatic imine (C=N–C) groups is 1. The quantitative estimate of drug-likeness (QED) is 0.175. The number of hydrogen-bond donors (Lipinski definition) is 1. The number of carbonyl (C=O) groups excluding carboxylic acids is 1. The lowest BCUT2D eigenvalue weighted by molar-refractivity contribution is -0.137. The number of piperazine rings is 1. The number of amides is 1. The minimum Gasteiger partial charge on any atom is -0.490 e. The number of ether oxygens (including phenoxy) is 1. The van der Waals surface area contributed by atoms with Crippen molar-refractivity contribution in [3.8, 4) is 5.75 Å². The number of rotatable bonds is 10. The molecular weight excluding hydrogens is 736 g/mol. The van der Waals surface area contributed by atoms with Crippen LogP contribution in [0.4, 0.5) is 13.2 Å². The van der Waals surface area contributed by atoms with Crippen LogP contribution in [0.3, 0.4) is 0 Å². The van der Waals surface area contributed by atoms with Gasteiger partial charge in [0, 0.05) is 54.9 Å². The third-order valence-corrected chi connectivity index (χ3v) is 9.61. The molecule has 2 unspecified atom stereocenters. The smallest absolute Gasteiger partial charge is 0.416 e. The maximum atomic E-state index is 14.8. The SMILES string of the molecule is CC(C)Oc1cc(C(F)(F)F)ccc1C1=NC(c2ccc(Cl)cc2)C(c2ccc(Cl)cc2)N1C(=O)c1ccc(CN2CCN(CCO)CC2)cc1.Cl. The van der Waals surface area contributed by atoms with Crippen LogP contribution in [0.2, 0.25) is 10.0 Å². The normalized spacial score (nSPS) is 18.3. The van der Waals surface area contributed by atoms with E-state index in [-0.39, 0.29) is 42.1 Å². The van der Waals surface area contributed by atoms with E-state index < -0.39 is 29.9 Å². The average Bonchev–Trinajstić information content (AvgIpc) is 3.49. The number of amidine groups is 1. The van der Waals surface area contributed by atoms with Crippen LogP contribution in [0.1, 0.15) is 64.1 Å². The largest absolute Gasteiger partial charge is 0.490 e. The molecular formula is C39H40Cl3F3N4O3. The molecule has 2 aliphatic heterocycles. The molecule has 0 bridgehead atoms. The van der Waals surface area contributed by atoms with Crippen LogP contribution in [-0.4, -0.2) is 77.0 Å². The molecule has 0 radical (unpaired) electrons. The number of hydrogen-bond acceptors (Lipinski definition) is 6. The Balaban J connectivity index is 0.00000523. The van der Waals surface area contributed by atoms with Gasteiger partial charge in [0.2, 0.25) is 0 Å².